The van der Waals surface area contributed by atoms with Gasteiger partial charge in [0, 0.05) is 4.43 Å². The Bertz CT molecular complexity index is 220. The van der Waals surface area contributed by atoms with Crippen molar-refractivity contribution in [2.45, 2.75) is 32.5 Å². The standard InChI is InChI=1S/C8H13IO5/c1-8(2,3)14-6(10)5(4-9)13-7(11)12/h5H,4H2,1-3H3,(H,11,12). The van der Waals surface area contributed by atoms with Crippen LogP contribution in [-0.4, -0.2) is 33.4 Å². The van der Waals surface area contributed by atoms with Gasteiger partial charge in [-0.25, -0.2) is 9.59 Å². The average molecular weight is 316 g/mol. The highest BCUT2D eigenvalue weighted by molar-refractivity contribution is 14.1. The van der Waals surface area contributed by atoms with Crippen LogP contribution in [0.5, 0.6) is 0 Å². The molecule has 1 atom stereocenters. The van der Waals surface area contributed by atoms with Crippen LogP contribution in [0.1, 0.15) is 20.8 Å². The van der Waals surface area contributed by atoms with Gasteiger partial charge in [0.25, 0.3) is 0 Å². The van der Waals surface area contributed by atoms with Gasteiger partial charge in [0.1, 0.15) is 5.60 Å². The first-order valence-corrected chi connectivity index (χ1v) is 5.47. The van der Waals surface area contributed by atoms with E-state index in [4.69, 9.17) is 9.84 Å². The first-order valence-electron chi connectivity index (χ1n) is 3.94. The van der Waals surface area contributed by atoms with Crippen LogP contribution in [0.4, 0.5) is 4.79 Å². The molecule has 1 unspecified atom stereocenters. The summed E-state index contributed by atoms with van der Waals surface area (Å²) < 4.78 is 9.54. The molecule has 0 aromatic rings. The minimum absolute atomic E-state index is 0.235. The molecule has 1 N–H and O–H groups in total. The van der Waals surface area contributed by atoms with E-state index >= 15 is 0 Å². The molecular weight excluding hydrogens is 303 g/mol. The Morgan fingerprint density at radius 1 is 1.43 bits per heavy atom. The van der Waals surface area contributed by atoms with E-state index in [-0.39, 0.29) is 4.43 Å². The van der Waals surface area contributed by atoms with Crippen molar-refractivity contribution >= 4 is 34.7 Å². The highest BCUT2D eigenvalue weighted by Gasteiger charge is 2.27. The predicted octanol–water partition coefficient (Wildman–Crippen LogP) is 1.83. The maximum atomic E-state index is 11.3. The van der Waals surface area contributed by atoms with Gasteiger partial charge < -0.3 is 14.6 Å². The second-order valence-electron chi connectivity index (χ2n) is 3.56. The molecule has 0 heterocycles. The summed E-state index contributed by atoms with van der Waals surface area (Å²) in [5.41, 5.74) is -0.636. The number of rotatable bonds is 3. The quantitative estimate of drug-likeness (QED) is 0.488. The van der Waals surface area contributed by atoms with E-state index in [1.807, 2.05) is 22.6 Å². The van der Waals surface area contributed by atoms with Gasteiger partial charge in [-0.1, -0.05) is 22.6 Å². The third-order valence-electron chi connectivity index (χ3n) is 1.05. The summed E-state index contributed by atoms with van der Waals surface area (Å²) in [7, 11) is 0. The lowest BCUT2D eigenvalue weighted by molar-refractivity contribution is -0.164. The normalized spacial score (nSPS) is 13.1. The number of ether oxygens (including phenoxy) is 2. The number of carboxylic acid groups (broad SMARTS) is 1. The summed E-state index contributed by atoms with van der Waals surface area (Å²) in [5.74, 6) is -0.658. The number of hydrogen-bond donors (Lipinski definition) is 1. The van der Waals surface area contributed by atoms with Gasteiger partial charge in [0.15, 0.2) is 0 Å². The number of halogens is 1. The Balaban J connectivity index is 4.25. The molecule has 0 aliphatic heterocycles. The molecule has 0 amide bonds. The van der Waals surface area contributed by atoms with E-state index < -0.39 is 23.8 Å². The van der Waals surface area contributed by atoms with Crippen molar-refractivity contribution in [3.63, 3.8) is 0 Å². The van der Waals surface area contributed by atoms with Crippen molar-refractivity contribution in [1.29, 1.82) is 0 Å². The van der Waals surface area contributed by atoms with Crippen LogP contribution in [-0.2, 0) is 14.3 Å². The molecule has 0 saturated carbocycles. The molecule has 0 fully saturated rings. The number of esters is 1. The Morgan fingerprint density at radius 2 is 1.93 bits per heavy atom. The molecule has 0 rings (SSSR count). The summed E-state index contributed by atoms with van der Waals surface area (Å²) >= 11 is 1.86. The van der Waals surface area contributed by atoms with Crippen LogP contribution in [0.3, 0.4) is 0 Å². The zero-order valence-corrected chi connectivity index (χ0v) is 10.4. The second-order valence-corrected chi connectivity index (χ2v) is 4.44. The maximum absolute atomic E-state index is 11.3. The maximum Gasteiger partial charge on any atom is 0.506 e. The van der Waals surface area contributed by atoms with Crippen molar-refractivity contribution < 1.29 is 24.2 Å². The third kappa shape index (κ3) is 6.01. The highest BCUT2D eigenvalue weighted by atomic mass is 127. The van der Waals surface area contributed by atoms with Gasteiger partial charge in [0.05, 0.1) is 0 Å². The van der Waals surface area contributed by atoms with Crippen LogP contribution in [0.25, 0.3) is 0 Å². The Kier molecular flexibility index (Phi) is 5.17. The highest BCUT2D eigenvalue weighted by Crippen LogP contribution is 2.11. The summed E-state index contributed by atoms with van der Waals surface area (Å²) in [4.78, 5) is 21.5. The summed E-state index contributed by atoms with van der Waals surface area (Å²) in [6.07, 6.45) is -2.52. The summed E-state index contributed by atoms with van der Waals surface area (Å²) in [6, 6.07) is 0. The molecule has 0 radical (unpaired) electrons. The smallest absolute Gasteiger partial charge is 0.457 e. The van der Waals surface area contributed by atoms with E-state index in [9.17, 15) is 9.59 Å². The zero-order valence-electron chi connectivity index (χ0n) is 8.24. The monoisotopic (exact) mass is 316 g/mol. The molecule has 82 valence electrons. The van der Waals surface area contributed by atoms with E-state index in [2.05, 4.69) is 4.74 Å². The lowest BCUT2D eigenvalue weighted by Crippen LogP contribution is -2.35. The molecule has 0 bridgehead atoms. The second kappa shape index (κ2) is 5.38. The zero-order chi connectivity index (χ0) is 11.4. The largest absolute Gasteiger partial charge is 0.506 e. The third-order valence-corrected chi connectivity index (χ3v) is 1.85. The lowest BCUT2D eigenvalue weighted by atomic mass is 10.2. The molecule has 0 aliphatic rings. The lowest BCUT2D eigenvalue weighted by Gasteiger charge is -2.22. The number of carbonyl (C=O) groups excluding carboxylic acids is 1. The average Bonchev–Trinajstić information content (AvgIpc) is 1.96. The van der Waals surface area contributed by atoms with Gasteiger partial charge in [0.2, 0.25) is 6.10 Å². The number of hydrogen-bond acceptors (Lipinski definition) is 4. The van der Waals surface area contributed by atoms with Crippen LogP contribution in [0.2, 0.25) is 0 Å². The van der Waals surface area contributed by atoms with Crippen molar-refractivity contribution in [2.75, 3.05) is 4.43 Å². The Morgan fingerprint density at radius 3 is 2.21 bits per heavy atom. The Hall–Kier alpha value is -0.530. The fourth-order valence-electron chi connectivity index (χ4n) is 0.632. The van der Waals surface area contributed by atoms with Crippen LogP contribution in [0, 0.1) is 0 Å². The number of carbonyl (C=O) groups is 2. The minimum atomic E-state index is -1.47. The predicted molar refractivity (Wildman–Crippen MR) is 57.6 cm³/mol. The molecule has 0 aromatic heterocycles. The van der Waals surface area contributed by atoms with E-state index in [0.717, 1.165) is 0 Å². The molecule has 0 spiro atoms. The summed E-state index contributed by atoms with van der Waals surface area (Å²) in [5, 5.41) is 8.33. The molecule has 14 heavy (non-hydrogen) atoms. The molecule has 6 heteroatoms. The van der Waals surface area contributed by atoms with Crippen LogP contribution >= 0.6 is 22.6 Å². The van der Waals surface area contributed by atoms with Crippen molar-refractivity contribution in [1.82, 2.24) is 0 Å². The minimum Gasteiger partial charge on any atom is -0.457 e. The van der Waals surface area contributed by atoms with Crippen LogP contribution < -0.4 is 0 Å². The molecule has 0 aromatic carbocycles. The van der Waals surface area contributed by atoms with Gasteiger partial charge in [-0.2, -0.15) is 0 Å². The molecule has 0 saturated heterocycles. The van der Waals surface area contributed by atoms with Crippen molar-refractivity contribution in [3.8, 4) is 0 Å². The van der Waals surface area contributed by atoms with Crippen molar-refractivity contribution in [2.24, 2.45) is 0 Å². The fraction of sp³-hybridized carbons (Fsp3) is 0.750. The molecular formula is C8H13IO5. The van der Waals surface area contributed by atoms with Crippen LogP contribution in [0.15, 0.2) is 0 Å². The van der Waals surface area contributed by atoms with Gasteiger partial charge in [-0.05, 0) is 20.8 Å². The van der Waals surface area contributed by atoms with E-state index in [1.54, 1.807) is 20.8 Å². The summed E-state index contributed by atoms with van der Waals surface area (Å²) in [6.45, 7) is 5.11. The van der Waals surface area contributed by atoms with Gasteiger partial charge in [-0.15, -0.1) is 0 Å². The van der Waals surface area contributed by atoms with Crippen molar-refractivity contribution in [3.05, 3.63) is 0 Å². The first kappa shape index (κ1) is 13.5. The SMILES string of the molecule is CC(C)(C)OC(=O)C(CI)OC(=O)O. The van der Waals surface area contributed by atoms with E-state index in [0.29, 0.717) is 0 Å². The molecule has 5 nitrogen and oxygen atoms in total. The van der Waals surface area contributed by atoms with Gasteiger partial charge in [-0.3, -0.25) is 0 Å². The van der Waals surface area contributed by atoms with Gasteiger partial charge >= 0.3 is 12.1 Å². The topological polar surface area (TPSA) is 72.8 Å². The van der Waals surface area contributed by atoms with E-state index in [1.165, 1.54) is 0 Å². The first-order chi connectivity index (χ1) is 6.26. The Labute approximate surface area is 95.9 Å². The fourth-order valence-corrected chi connectivity index (χ4v) is 1.17. The molecule has 0 aliphatic carbocycles. The number of alkyl halides is 1.